The first-order valence-corrected chi connectivity index (χ1v) is 28.3. The summed E-state index contributed by atoms with van der Waals surface area (Å²) in [4.78, 5) is 38.1. The molecule has 0 N–H and O–H groups in total. The first-order valence-electron chi connectivity index (χ1n) is 28.3. The van der Waals surface area contributed by atoms with Crippen molar-refractivity contribution in [2.75, 3.05) is 13.2 Å². The van der Waals surface area contributed by atoms with E-state index in [1.165, 1.54) is 51.4 Å². The first kappa shape index (κ1) is 67.5. The van der Waals surface area contributed by atoms with Crippen molar-refractivity contribution in [1.29, 1.82) is 0 Å². The summed E-state index contributed by atoms with van der Waals surface area (Å²) < 4.78 is 16.6. The number of carbonyl (C=O) groups is 3. The Balaban J connectivity index is 4.74. The lowest BCUT2D eigenvalue weighted by atomic mass is 10.2. The van der Waals surface area contributed by atoms with Gasteiger partial charge in [0.15, 0.2) is 6.10 Å². The molecule has 0 aromatic heterocycles. The molecular weight excluding hydrogens is 901 g/mol. The van der Waals surface area contributed by atoms with Gasteiger partial charge in [0, 0.05) is 19.3 Å². The SMILES string of the molecule is CC/C=C\C/C=C\C/C=C\C/C=C\C/C=C\CCCC(=O)OC[C@H](COC(=O)CC/C=C\C/C=C\C/C=C\C/C=C\C/C=C\CCCCC)OC(=O)CC/C=C\C/C=C\C/C=C\C/C=C\C/C=C\CCCCC. The molecule has 0 aliphatic heterocycles. The molecule has 0 aliphatic carbocycles. The van der Waals surface area contributed by atoms with E-state index >= 15 is 0 Å². The molecule has 0 saturated carbocycles. The van der Waals surface area contributed by atoms with Crippen LogP contribution < -0.4 is 0 Å². The van der Waals surface area contributed by atoms with Crippen LogP contribution in [0.1, 0.15) is 201 Å². The molecule has 0 aromatic rings. The minimum absolute atomic E-state index is 0.168. The fraction of sp³-hybridized carbons (Fsp3) is 0.507. The molecule has 0 spiro atoms. The Bertz CT molecular complexity index is 1770. The topological polar surface area (TPSA) is 78.9 Å². The lowest BCUT2D eigenvalue weighted by molar-refractivity contribution is -0.166. The molecule has 6 nitrogen and oxygen atoms in total. The number of rotatable bonds is 48. The second-order valence-electron chi connectivity index (χ2n) is 17.7. The fourth-order valence-corrected chi connectivity index (χ4v) is 6.68. The Hall–Kier alpha value is -5.49. The maximum Gasteiger partial charge on any atom is 0.306 e. The Morgan fingerprint density at radius 1 is 0.288 bits per heavy atom. The van der Waals surface area contributed by atoms with Gasteiger partial charge in [-0.2, -0.15) is 0 Å². The highest BCUT2D eigenvalue weighted by Crippen LogP contribution is 2.08. The predicted octanol–water partition coefficient (Wildman–Crippen LogP) is 19.3. The van der Waals surface area contributed by atoms with Gasteiger partial charge in [-0.05, 0) is 135 Å². The molecule has 0 radical (unpaired) electrons. The Morgan fingerprint density at radius 2 is 0.548 bits per heavy atom. The van der Waals surface area contributed by atoms with E-state index in [0.29, 0.717) is 19.3 Å². The van der Waals surface area contributed by atoms with Crippen LogP contribution in [0, 0.1) is 0 Å². The minimum atomic E-state index is -0.882. The summed E-state index contributed by atoms with van der Waals surface area (Å²) >= 11 is 0. The molecular formula is C67H100O6. The van der Waals surface area contributed by atoms with Crippen molar-refractivity contribution in [2.45, 2.75) is 207 Å². The maximum absolute atomic E-state index is 12.8. The molecule has 1 atom stereocenters. The van der Waals surface area contributed by atoms with Crippen molar-refractivity contribution in [3.8, 4) is 0 Å². The van der Waals surface area contributed by atoms with Crippen molar-refractivity contribution < 1.29 is 28.6 Å². The van der Waals surface area contributed by atoms with Crippen LogP contribution in [0.4, 0.5) is 0 Å². The zero-order valence-electron chi connectivity index (χ0n) is 46.1. The number of ether oxygens (including phenoxy) is 3. The molecule has 73 heavy (non-hydrogen) atoms. The summed E-state index contributed by atoms with van der Waals surface area (Å²) in [5.41, 5.74) is 0. The maximum atomic E-state index is 12.8. The number of hydrogen-bond acceptors (Lipinski definition) is 6. The van der Waals surface area contributed by atoms with Crippen LogP contribution >= 0.6 is 0 Å². The van der Waals surface area contributed by atoms with E-state index in [0.717, 1.165) is 89.9 Å². The van der Waals surface area contributed by atoms with Crippen LogP contribution in [0.3, 0.4) is 0 Å². The summed E-state index contributed by atoms with van der Waals surface area (Å²) in [6, 6.07) is 0. The lowest BCUT2D eigenvalue weighted by Gasteiger charge is -2.18. The van der Waals surface area contributed by atoms with Gasteiger partial charge in [-0.25, -0.2) is 0 Å². The molecule has 0 rings (SSSR count). The molecule has 0 saturated heterocycles. The van der Waals surface area contributed by atoms with Crippen molar-refractivity contribution in [2.24, 2.45) is 0 Å². The third-order valence-electron chi connectivity index (χ3n) is 10.9. The van der Waals surface area contributed by atoms with Gasteiger partial charge >= 0.3 is 17.9 Å². The van der Waals surface area contributed by atoms with Crippen LogP contribution in [0.2, 0.25) is 0 Å². The number of allylic oxidation sites excluding steroid dienone is 30. The zero-order chi connectivity index (χ0) is 52.9. The van der Waals surface area contributed by atoms with E-state index in [1.54, 1.807) is 0 Å². The summed E-state index contributed by atoms with van der Waals surface area (Å²) in [6.45, 7) is 6.26. The van der Waals surface area contributed by atoms with Gasteiger partial charge in [0.05, 0.1) is 0 Å². The zero-order valence-corrected chi connectivity index (χ0v) is 46.1. The smallest absolute Gasteiger partial charge is 0.306 e. The summed E-state index contributed by atoms with van der Waals surface area (Å²) in [7, 11) is 0. The molecule has 6 heteroatoms. The number of hydrogen-bond donors (Lipinski definition) is 0. The largest absolute Gasteiger partial charge is 0.462 e. The molecule has 0 fully saturated rings. The number of esters is 3. The molecule has 0 aliphatic rings. The highest BCUT2D eigenvalue weighted by Gasteiger charge is 2.19. The van der Waals surface area contributed by atoms with Crippen LogP contribution in [-0.2, 0) is 28.6 Å². The second-order valence-corrected chi connectivity index (χ2v) is 17.7. The predicted molar refractivity (Wildman–Crippen MR) is 315 cm³/mol. The van der Waals surface area contributed by atoms with Gasteiger partial charge in [0.1, 0.15) is 13.2 Å². The van der Waals surface area contributed by atoms with Crippen LogP contribution in [-0.4, -0.2) is 37.2 Å². The molecule has 0 amide bonds. The van der Waals surface area contributed by atoms with Crippen molar-refractivity contribution in [3.05, 3.63) is 182 Å². The summed E-state index contributed by atoms with van der Waals surface area (Å²) in [5.74, 6) is -1.21. The van der Waals surface area contributed by atoms with Crippen LogP contribution in [0.25, 0.3) is 0 Å². The van der Waals surface area contributed by atoms with Crippen LogP contribution in [0.5, 0.6) is 0 Å². The van der Waals surface area contributed by atoms with E-state index in [9.17, 15) is 14.4 Å². The van der Waals surface area contributed by atoms with Crippen molar-refractivity contribution in [3.63, 3.8) is 0 Å². The number of unbranched alkanes of at least 4 members (excludes halogenated alkanes) is 7. The molecule has 0 heterocycles. The molecule has 404 valence electrons. The molecule has 0 aromatic carbocycles. The van der Waals surface area contributed by atoms with Crippen molar-refractivity contribution in [1.82, 2.24) is 0 Å². The van der Waals surface area contributed by atoms with Gasteiger partial charge in [0.25, 0.3) is 0 Å². The van der Waals surface area contributed by atoms with Gasteiger partial charge in [-0.15, -0.1) is 0 Å². The monoisotopic (exact) mass is 1000 g/mol. The minimum Gasteiger partial charge on any atom is -0.462 e. The highest BCUT2D eigenvalue weighted by atomic mass is 16.6. The highest BCUT2D eigenvalue weighted by molar-refractivity contribution is 5.71. The average molecular weight is 1000 g/mol. The average Bonchev–Trinajstić information content (AvgIpc) is 3.39. The fourth-order valence-electron chi connectivity index (χ4n) is 6.68. The summed E-state index contributed by atoms with van der Waals surface area (Å²) in [5, 5.41) is 0. The summed E-state index contributed by atoms with van der Waals surface area (Å²) in [6.07, 6.45) is 89.1. The van der Waals surface area contributed by atoms with Crippen LogP contribution in [0.15, 0.2) is 182 Å². The van der Waals surface area contributed by atoms with Gasteiger partial charge in [-0.1, -0.05) is 229 Å². The lowest BCUT2D eigenvalue weighted by Crippen LogP contribution is -2.30. The van der Waals surface area contributed by atoms with Gasteiger partial charge in [-0.3, -0.25) is 14.4 Å². The van der Waals surface area contributed by atoms with Gasteiger partial charge in [0.2, 0.25) is 0 Å². The van der Waals surface area contributed by atoms with E-state index in [2.05, 4.69) is 179 Å². The van der Waals surface area contributed by atoms with E-state index in [-0.39, 0.29) is 38.4 Å². The normalized spacial score (nSPS) is 13.5. The Kier molecular flexibility index (Phi) is 54.6. The Labute approximate surface area is 446 Å². The number of carbonyl (C=O) groups excluding carboxylic acids is 3. The standard InChI is InChI=1S/C67H100O6/c1-4-7-10-13-16-19-22-25-28-31-33-36-39-42-45-48-51-54-57-60-66(69)72-63-64(62-71-65(68)59-56-53-50-47-44-41-38-35-30-27-24-21-18-15-12-9-6-3)73-67(70)61-58-55-52-49-46-43-40-37-34-32-29-26-23-20-17-14-11-8-5-2/h9,12,16-21,25-30,33-34,36-38,41-43,45-47,50-52,54-55,64H,4-8,10-11,13-15,22-24,31-32,35,39-40,44,48-49,53,56-63H2,1-3H3/b12-9-,19-16-,20-17-,21-18-,28-25-,29-26-,30-27-,36-33-,37-34-,41-38-,45-42-,46-43-,50-47-,54-51-,55-52-/t64-/m1/s1. The molecule has 0 unspecified atom stereocenters. The third-order valence-corrected chi connectivity index (χ3v) is 10.9. The second kappa shape index (κ2) is 59.1. The third kappa shape index (κ3) is 57.3. The quantitative estimate of drug-likeness (QED) is 0.0262. The van der Waals surface area contributed by atoms with E-state index in [4.69, 9.17) is 14.2 Å². The Morgan fingerprint density at radius 3 is 0.863 bits per heavy atom. The van der Waals surface area contributed by atoms with E-state index < -0.39 is 18.0 Å². The van der Waals surface area contributed by atoms with Gasteiger partial charge < -0.3 is 14.2 Å². The molecule has 0 bridgehead atoms. The van der Waals surface area contributed by atoms with Crippen molar-refractivity contribution >= 4 is 17.9 Å². The first-order chi connectivity index (χ1) is 36.0. The van der Waals surface area contributed by atoms with E-state index in [1.807, 2.05) is 24.3 Å².